The molecule has 0 heterocycles. The summed E-state index contributed by atoms with van der Waals surface area (Å²) in [7, 11) is 0. The van der Waals surface area contributed by atoms with Crippen LogP contribution in [0.2, 0.25) is 0 Å². The number of hydrogen-bond acceptors (Lipinski definition) is 1. The molecule has 0 aromatic heterocycles. The number of hydrogen-bond donors (Lipinski definition) is 1. The second-order valence-corrected chi connectivity index (χ2v) is 1.09. The van der Waals surface area contributed by atoms with Crippen molar-refractivity contribution in [1.82, 2.24) is 0 Å². The molecule has 0 amide bonds. The molecule has 1 N–H and O–H groups in total. The van der Waals surface area contributed by atoms with Gasteiger partial charge in [-0.15, -0.1) is 0 Å². The van der Waals surface area contributed by atoms with Crippen molar-refractivity contribution in [3.05, 3.63) is 12.2 Å². The molecular weight excluding hydrogens is 173 g/mol. The summed E-state index contributed by atoms with van der Waals surface area (Å²) in [5.74, 6) is -0.935. The van der Waals surface area contributed by atoms with Gasteiger partial charge >= 0.3 is 5.97 Å². The summed E-state index contributed by atoms with van der Waals surface area (Å²) in [6.07, 6.45) is 0. The average Bonchev–Trinajstić information content (AvgIpc) is 1.36. The fraction of sp³-hybridized carbons (Fsp3) is 0.250. The maximum atomic E-state index is 9.60. The summed E-state index contributed by atoms with van der Waals surface area (Å²) in [4.78, 5) is 9.60. The first-order valence-corrected chi connectivity index (χ1v) is 1.53. The van der Waals surface area contributed by atoms with Gasteiger partial charge in [0.1, 0.15) is 0 Å². The maximum absolute atomic E-state index is 9.60. The predicted octanol–water partition coefficient (Wildman–Crippen LogP) is 0.645. The minimum Gasteiger partial charge on any atom is -0.478 e. The van der Waals surface area contributed by atoms with Crippen LogP contribution in [0.25, 0.3) is 0 Å². The van der Waals surface area contributed by atoms with Crippen molar-refractivity contribution < 1.29 is 32.3 Å². The fourth-order valence-electron chi connectivity index (χ4n) is 0. The Labute approximate surface area is 57.7 Å². The number of rotatable bonds is 1. The molecule has 0 atom stereocenters. The van der Waals surface area contributed by atoms with Crippen LogP contribution in [0.4, 0.5) is 0 Å². The van der Waals surface area contributed by atoms with Crippen LogP contribution in [0, 0.1) is 0 Å². The second-order valence-electron chi connectivity index (χ2n) is 1.09. The van der Waals surface area contributed by atoms with E-state index in [2.05, 4.69) is 6.58 Å². The van der Waals surface area contributed by atoms with Crippen molar-refractivity contribution in [3.63, 3.8) is 0 Å². The van der Waals surface area contributed by atoms with Crippen molar-refractivity contribution in [3.8, 4) is 0 Å². The van der Waals surface area contributed by atoms with E-state index in [1.54, 1.807) is 0 Å². The molecule has 3 heteroatoms. The Kier molecular flexibility index (Phi) is 5.91. The molecule has 0 aliphatic heterocycles. The van der Waals surface area contributed by atoms with E-state index in [0.717, 1.165) is 0 Å². The molecule has 0 aliphatic rings. The minimum absolute atomic E-state index is 0. The third-order valence-corrected chi connectivity index (χ3v) is 0.365. The Bertz CT molecular complexity index is 75.7. The van der Waals surface area contributed by atoms with Gasteiger partial charge in [-0.1, -0.05) is 6.58 Å². The number of carboxylic acids is 1. The number of aliphatic carboxylic acids is 1. The summed E-state index contributed by atoms with van der Waals surface area (Å²) in [6.45, 7) is 4.60. The van der Waals surface area contributed by atoms with E-state index < -0.39 is 5.97 Å². The van der Waals surface area contributed by atoms with Crippen molar-refractivity contribution in [2.45, 2.75) is 6.92 Å². The van der Waals surface area contributed by atoms with Gasteiger partial charge in [0.15, 0.2) is 0 Å². The van der Waals surface area contributed by atoms with E-state index in [-0.39, 0.29) is 28.0 Å². The molecule has 0 fully saturated rings. The van der Waals surface area contributed by atoms with Gasteiger partial charge in [0.2, 0.25) is 0 Å². The predicted molar refractivity (Wildman–Crippen MR) is 22.4 cm³/mol. The van der Waals surface area contributed by atoms with Gasteiger partial charge < -0.3 is 5.11 Å². The van der Waals surface area contributed by atoms with E-state index in [4.69, 9.17) is 5.11 Å². The van der Waals surface area contributed by atoms with E-state index in [0.29, 0.717) is 0 Å². The number of carbonyl (C=O) groups is 1. The van der Waals surface area contributed by atoms with Crippen molar-refractivity contribution in [2.24, 2.45) is 0 Å². The molecule has 1 radical (unpaired) electrons. The SMILES string of the molecule is C=C(C)C(=O)O.[Nb]. The molecule has 0 spiro atoms. The standard InChI is InChI=1S/C4H6O2.Nb/c1-3(2)4(5)6;/h1H2,2H3,(H,5,6);. The monoisotopic (exact) mass is 179 g/mol. The molecule has 0 unspecified atom stereocenters. The molecule has 7 heavy (non-hydrogen) atoms. The first-order chi connectivity index (χ1) is 2.64. The second kappa shape index (κ2) is 4.12. The quantitative estimate of drug-likeness (QED) is 0.473. The van der Waals surface area contributed by atoms with E-state index >= 15 is 0 Å². The minimum atomic E-state index is -0.935. The third-order valence-electron chi connectivity index (χ3n) is 0.365. The summed E-state index contributed by atoms with van der Waals surface area (Å²) >= 11 is 0. The zero-order valence-electron chi connectivity index (χ0n) is 4.01. The summed E-state index contributed by atoms with van der Waals surface area (Å²) < 4.78 is 0. The number of carboxylic acid groups (broad SMARTS) is 1. The molecule has 0 aliphatic carbocycles. The Morgan fingerprint density at radius 1 is 1.71 bits per heavy atom. The van der Waals surface area contributed by atoms with Crippen LogP contribution < -0.4 is 0 Å². The molecule has 0 saturated heterocycles. The van der Waals surface area contributed by atoms with Gasteiger partial charge in [0.05, 0.1) is 0 Å². The zero-order chi connectivity index (χ0) is 5.15. The first-order valence-electron chi connectivity index (χ1n) is 1.53. The summed E-state index contributed by atoms with van der Waals surface area (Å²) in [5.41, 5.74) is 0.176. The van der Waals surface area contributed by atoms with Gasteiger partial charge in [-0.2, -0.15) is 0 Å². The summed E-state index contributed by atoms with van der Waals surface area (Å²) in [5, 5.41) is 7.89. The Morgan fingerprint density at radius 3 is 1.86 bits per heavy atom. The van der Waals surface area contributed by atoms with Crippen LogP contribution in [0.5, 0.6) is 0 Å². The van der Waals surface area contributed by atoms with Crippen LogP contribution in [-0.2, 0) is 27.2 Å². The van der Waals surface area contributed by atoms with E-state index in [1.807, 2.05) is 0 Å². The maximum Gasteiger partial charge on any atom is 0.330 e. The Balaban J connectivity index is 0. The molecule has 0 aromatic rings. The Hall–Kier alpha value is -0.0497. The fourth-order valence-corrected chi connectivity index (χ4v) is 0. The molecular formula is C4H6NbO2. The van der Waals surface area contributed by atoms with Crippen LogP contribution in [-0.4, -0.2) is 11.1 Å². The van der Waals surface area contributed by atoms with Crippen LogP contribution in [0.1, 0.15) is 6.92 Å². The molecule has 0 rings (SSSR count). The van der Waals surface area contributed by atoms with Gasteiger partial charge in [-0.25, -0.2) is 4.79 Å². The average molecular weight is 179 g/mol. The van der Waals surface area contributed by atoms with Gasteiger partial charge in [-0.3, -0.25) is 0 Å². The van der Waals surface area contributed by atoms with Crippen molar-refractivity contribution in [1.29, 1.82) is 0 Å². The normalized spacial score (nSPS) is 6.43. The summed E-state index contributed by atoms with van der Waals surface area (Å²) in [6, 6.07) is 0. The molecule has 0 saturated carbocycles. The van der Waals surface area contributed by atoms with Gasteiger partial charge in [0.25, 0.3) is 0 Å². The largest absolute Gasteiger partial charge is 0.478 e. The van der Waals surface area contributed by atoms with Gasteiger partial charge in [-0.05, 0) is 6.92 Å². The van der Waals surface area contributed by atoms with Crippen LogP contribution >= 0.6 is 0 Å². The zero-order valence-corrected chi connectivity index (χ0v) is 6.21. The smallest absolute Gasteiger partial charge is 0.330 e. The van der Waals surface area contributed by atoms with Crippen LogP contribution in [0.3, 0.4) is 0 Å². The Morgan fingerprint density at radius 2 is 1.86 bits per heavy atom. The van der Waals surface area contributed by atoms with E-state index in [9.17, 15) is 4.79 Å². The molecule has 0 bridgehead atoms. The third kappa shape index (κ3) is 5.95. The van der Waals surface area contributed by atoms with Crippen molar-refractivity contribution >= 4 is 5.97 Å². The molecule has 0 aromatic carbocycles. The molecule has 39 valence electrons. The van der Waals surface area contributed by atoms with E-state index in [1.165, 1.54) is 6.92 Å². The van der Waals surface area contributed by atoms with Crippen LogP contribution in [0.15, 0.2) is 12.2 Å². The topological polar surface area (TPSA) is 37.3 Å². The van der Waals surface area contributed by atoms with Crippen molar-refractivity contribution in [2.75, 3.05) is 0 Å². The molecule has 2 nitrogen and oxygen atoms in total. The van der Waals surface area contributed by atoms with Gasteiger partial charge in [0, 0.05) is 28.0 Å². The first kappa shape index (κ1) is 10.0.